The first-order valence-electron chi connectivity index (χ1n) is 7.80. The fraction of sp³-hybridized carbons (Fsp3) is 0.647. The lowest BCUT2D eigenvalue weighted by atomic mass is 9.85. The molecule has 1 aliphatic carbocycles. The Hall–Kier alpha value is -0.860. The van der Waals surface area contributed by atoms with Crippen molar-refractivity contribution in [2.75, 3.05) is 13.6 Å². The van der Waals surface area contributed by atoms with Gasteiger partial charge in [0.05, 0.1) is 0 Å². The first kappa shape index (κ1) is 13.1. The number of hydrogen-bond donors (Lipinski definition) is 1. The quantitative estimate of drug-likeness (QED) is 0.893. The lowest BCUT2D eigenvalue weighted by molar-refractivity contribution is 0.288. The first-order chi connectivity index (χ1) is 9.31. The third kappa shape index (κ3) is 3.37. The second kappa shape index (κ2) is 6.06. The number of nitrogens with one attached hydrogen (secondary N) is 1. The van der Waals surface area contributed by atoms with Gasteiger partial charge in [0.15, 0.2) is 0 Å². The molecule has 104 valence electrons. The highest BCUT2D eigenvalue weighted by molar-refractivity contribution is 5.14. The van der Waals surface area contributed by atoms with Crippen LogP contribution in [0.1, 0.15) is 37.7 Å². The van der Waals surface area contributed by atoms with Crippen molar-refractivity contribution < 1.29 is 0 Å². The highest BCUT2D eigenvalue weighted by Crippen LogP contribution is 2.33. The Kier molecular flexibility index (Phi) is 4.19. The van der Waals surface area contributed by atoms with Crippen LogP contribution in [-0.2, 0) is 6.54 Å². The van der Waals surface area contributed by atoms with E-state index < -0.39 is 0 Å². The zero-order chi connectivity index (χ0) is 13.1. The Morgan fingerprint density at radius 2 is 1.95 bits per heavy atom. The van der Waals surface area contributed by atoms with Crippen LogP contribution in [0.25, 0.3) is 0 Å². The second-order valence-electron chi connectivity index (χ2n) is 6.43. The minimum Gasteiger partial charge on any atom is -0.310 e. The highest BCUT2D eigenvalue weighted by Gasteiger charge is 2.35. The molecule has 1 N–H and O–H groups in total. The fourth-order valence-corrected chi connectivity index (χ4v) is 3.91. The SMILES string of the molecule is CN(Cc1ccccc1)CC1CC2CCCCC2N1. The normalized spacial score (nSPS) is 30.5. The van der Waals surface area contributed by atoms with Crippen molar-refractivity contribution in [2.24, 2.45) is 5.92 Å². The number of rotatable bonds is 4. The zero-order valence-electron chi connectivity index (χ0n) is 12.0. The molecule has 1 aromatic carbocycles. The van der Waals surface area contributed by atoms with Gasteiger partial charge in [-0.3, -0.25) is 0 Å². The van der Waals surface area contributed by atoms with E-state index in [1.807, 2.05) is 0 Å². The molecule has 1 heterocycles. The molecule has 2 aliphatic rings. The summed E-state index contributed by atoms with van der Waals surface area (Å²) in [5, 5.41) is 3.87. The van der Waals surface area contributed by atoms with Gasteiger partial charge in [0.2, 0.25) is 0 Å². The van der Waals surface area contributed by atoms with Crippen molar-refractivity contribution in [3.63, 3.8) is 0 Å². The van der Waals surface area contributed by atoms with E-state index in [0.29, 0.717) is 6.04 Å². The summed E-state index contributed by atoms with van der Waals surface area (Å²) in [5.41, 5.74) is 1.42. The summed E-state index contributed by atoms with van der Waals surface area (Å²) < 4.78 is 0. The Morgan fingerprint density at radius 1 is 1.16 bits per heavy atom. The third-order valence-electron chi connectivity index (χ3n) is 4.77. The maximum absolute atomic E-state index is 3.87. The topological polar surface area (TPSA) is 15.3 Å². The molecule has 19 heavy (non-hydrogen) atoms. The van der Waals surface area contributed by atoms with E-state index >= 15 is 0 Å². The summed E-state index contributed by atoms with van der Waals surface area (Å²) in [7, 11) is 2.25. The molecule has 1 aromatic rings. The van der Waals surface area contributed by atoms with Crippen molar-refractivity contribution in [2.45, 2.75) is 50.7 Å². The molecule has 3 atom stereocenters. The summed E-state index contributed by atoms with van der Waals surface area (Å²) in [6.45, 7) is 2.25. The van der Waals surface area contributed by atoms with Gasteiger partial charge >= 0.3 is 0 Å². The summed E-state index contributed by atoms with van der Waals surface area (Å²) in [6, 6.07) is 12.3. The smallest absolute Gasteiger partial charge is 0.0231 e. The maximum atomic E-state index is 3.87. The number of likely N-dealkylation sites (N-methyl/N-ethyl adjacent to an activating group) is 1. The molecule has 1 saturated carbocycles. The molecular weight excluding hydrogens is 232 g/mol. The van der Waals surface area contributed by atoms with Gasteiger partial charge < -0.3 is 10.2 Å². The van der Waals surface area contributed by atoms with E-state index in [1.165, 1.54) is 44.2 Å². The van der Waals surface area contributed by atoms with Gasteiger partial charge in [-0.25, -0.2) is 0 Å². The molecule has 0 amide bonds. The number of benzene rings is 1. The molecular formula is C17H26N2. The average molecular weight is 258 g/mol. The van der Waals surface area contributed by atoms with Crippen LogP contribution < -0.4 is 5.32 Å². The van der Waals surface area contributed by atoms with Crippen LogP contribution in [0, 0.1) is 5.92 Å². The zero-order valence-corrected chi connectivity index (χ0v) is 12.0. The predicted molar refractivity (Wildman–Crippen MR) is 80.1 cm³/mol. The van der Waals surface area contributed by atoms with E-state index in [-0.39, 0.29) is 0 Å². The summed E-state index contributed by atoms with van der Waals surface area (Å²) in [4.78, 5) is 2.46. The standard InChI is InChI=1S/C17H26N2/c1-19(12-14-7-3-2-4-8-14)13-16-11-15-9-5-6-10-17(15)18-16/h2-4,7-8,15-18H,5-6,9-13H2,1H3. The van der Waals surface area contributed by atoms with E-state index in [9.17, 15) is 0 Å². The van der Waals surface area contributed by atoms with Crippen LogP contribution in [0.3, 0.4) is 0 Å². The van der Waals surface area contributed by atoms with Gasteiger partial charge in [0, 0.05) is 25.2 Å². The molecule has 1 aliphatic heterocycles. The first-order valence-corrected chi connectivity index (χ1v) is 7.80. The fourth-order valence-electron chi connectivity index (χ4n) is 3.91. The monoisotopic (exact) mass is 258 g/mol. The maximum Gasteiger partial charge on any atom is 0.0231 e. The minimum atomic E-state index is 0.710. The van der Waals surface area contributed by atoms with Gasteiger partial charge in [-0.1, -0.05) is 43.2 Å². The number of hydrogen-bond acceptors (Lipinski definition) is 2. The van der Waals surface area contributed by atoms with Crippen molar-refractivity contribution in [1.29, 1.82) is 0 Å². The summed E-state index contributed by atoms with van der Waals surface area (Å²) >= 11 is 0. The van der Waals surface area contributed by atoms with Crippen LogP contribution >= 0.6 is 0 Å². The Morgan fingerprint density at radius 3 is 2.74 bits per heavy atom. The van der Waals surface area contributed by atoms with E-state index in [4.69, 9.17) is 0 Å². The van der Waals surface area contributed by atoms with Crippen LogP contribution in [0.5, 0.6) is 0 Å². The second-order valence-corrected chi connectivity index (χ2v) is 6.43. The van der Waals surface area contributed by atoms with E-state index in [0.717, 1.165) is 18.5 Å². The van der Waals surface area contributed by atoms with Crippen molar-refractivity contribution >= 4 is 0 Å². The average Bonchev–Trinajstić information content (AvgIpc) is 2.81. The molecule has 0 bridgehead atoms. The third-order valence-corrected chi connectivity index (χ3v) is 4.77. The van der Waals surface area contributed by atoms with Crippen LogP contribution in [-0.4, -0.2) is 30.6 Å². The van der Waals surface area contributed by atoms with Gasteiger partial charge in [-0.2, -0.15) is 0 Å². The molecule has 1 saturated heterocycles. The van der Waals surface area contributed by atoms with Crippen molar-refractivity contribution in [1.82, 2.24) is 10.2 Å². The summed E-state index contributed by atoms with van der Waals surface area (Å²) in [6.07, 6.45) is 7.14. The lowest BCUT2D eigenvalue weighted by Gasteiger charge is -2.24. The lowest BCUT2D eigenvalue weighted by Crippen LogP contribution is -2.39. The molecule has 0 radical (unpaired) electrons. The molecule has 0 spiro atoms. The minimum absolute atomic E-state index is 0.710. The van der Waals surface area contributed by atoms with E-state index in [1.54, 1.807) is 0 Å². The molecule has 0 aromatic heterocycles. The van der Waals surface area contributed by atoms with Crippen molar-refractivity contribution in [3.8, 4) is 0 Å². The number of fused-ring (bicyclic) bond motifs is 1. The van der Waals surface area contributed by atoms with Crippen LogP contribution in [0.4, 0.5) is 0 Å². The summed E-state index contributed by atoms with van der Waals surface area (Å²) in [5.74, 6) is 0.962. The van der Waals surface area contributed by atoms with Crippen LogP contribution in [0.2, 0.25) is 0 Å². The van der Waals surface area contributed by atoms with Gasteiger partial charge in [0.25, 0.3) is 0 Å². The molecule has 2 heteroatoms. The van der Waals surface area contributed by atoms with Gasteiger partial charge in [-0.05, 0) is 37.8 Å². The molecule has 2 fully saturated rings. The predicted octanol–water partition coefficient (Wildman–Crippen LogP) is 3.04. The van der Waals surface area contributed by atoms with Gasteiger partial charge in [-0.15, -0.1) is 0 Å². The highest BCUT2D eigenvalue weighted by atomic mass is 15.1. The molecule has 2 nitrogen and oxygen atoms in total. The van der Waals surface area contributed by atoms with Crippen molar-refractivity contribution in [3.05, 3.63) is 35.9 Å². The Labute approximate surface area is 117 Å². The van der Waals surface area contributed by atoms with E-state index in [2.05, 4.69) is 47.6 Å². The Balaban J connectivity index is 1.49. The van der Waals surface area contributed by atoms with Gasteiger partial charge in [0.1, 0.15) is 0 Å². The molecule has 3 rings (SSSR count). The Bertz CT molecular complexity index is 376. The molecule has 3 unspecified atom stereocenters. The van der Waals surface area contributed by atoms with Crippen LogP contribution in [0.15, 0.2) is 30.3 Å². The largest absolute Gasteiger partial charge is 0.310 e. The number of nitrogens with zero attached hydrogens (tertiary/aromatic N) is 1.